The van der Waals surface area contributed by atoms with Crippen LogP contribution in [0.1, 0.15) is 12.5 Å². The molecule has 0 radical (unpaired) electrons. The van der Waals surface area contributed by atoms with E-state index in [4.69, 9.17) is 4.74 Å². The van der Waals surface area contributed by atoms with Crippen molar-refractivity contribution >= 4 is 40.1 Å². The smallest absolute Gasteiger partial charge is 0.316 e. The number of thioether (sulfide) groups is 1. The van der Waals surface area contributed by atoms with Crippen LogP contribution in [0.5, 0.6) is 5.75 Å². The summed E-state index contributed by atoms with van der Waals surface area (Å²) in [6.45, 7) is 3.63. The molecule has 7 nitrogen and oxygen atoms in total. The summed E-state index contributed by atoms with van der Waals surface area (Å²) in [6.07, 6.45) is -0.678. The lowest BCUT2D eigenvalue weighted by Crippen LogP contribution is -2.30. The molecule has 0 saturated heterocycles. The van der Waals surface area contributed by atoms with Gasteiger partial charge in [-0.3, -0.25) is 14.9 Å². The van der Waals surface area contributed by atoms with Crippen LogP contribution < -0.4 is 10.1 Å². The van der Waals surface area contributed by atoms with Crippen molar-refractivity contribution in [2.24, 2.45) is 0 Å². The molecule has 0 unspecified atom stereocenters. The lowest BCUT2D eigenvalue weighted by Gasteiger charge is -2.13. The van der Waals surface area contributed by atoms with E-state index in [2.05, 4.69) is 20.3 Å². The second-order valence-electron chi connectivity index (χ2n) is 4.80. The second-order valence-corrected chi connectivity index (χ2v) is 7.00. The van der Waals surface area contributed by atoms with Crippen LogP contribution in [0.4, 0.5) is 5.13 Å². The average Bonchev–Trinajstić information content (AvgIpc) is 3.02. The number of amides is 1. The predicted octanol–water partition coefficient (Wildman–Crippen LogP) is 2.52. The van der Waals surface area contributed by atoms with Gasteiger partial charge in [0.25, 0.3) is 5.91 Å². The van der Waals surface area contributed by atoms with Gasteiger partial charge in [-0.2, -0.15) is 0 Å². The molecule has 0 saturated carbocycles. The van der Waals surface area contributed by atoms with Crippen molar-refractivity contribution in [1.82, 2.24) is 10.2 Å². The van der Waals surface area contributed by atoms with Gasteiger partial charge in [-0.15, -0.1) is 10.2 Å². The van der Waals surface area contributed by atoms with Crippen molar-refractivity contribution in [2.75, 3.05) is 18.2 Å². The molecule has 2 rings (SSSR count). The number of hydrogen-bond donors (Lipinski definition) is 1. The summed E-state index contributed by atoms with van der Waals surface area (Å²) >= 11 is 2.39. The minimum absolute atomic E-state index is 0.145. The first-order valence-corrected chi connectivity index (χ1v) is 8.85. The molecule has 1 aromatic heterocycles. The quantitative estimate of drug-likeness (QED) is 0.457. The topological polar surface area (TPSA) is 90.4 Å². The van der Waals surface area contributed by atoms with Gasteiger partial charge >= 0.3 is 5.97 Å². The summed E-state index contributed by atoms with van der Waals surface area (Å²) in [5, 5.41) is 10.8. The molecule has 1 N–H and O–H groups in total. The molecular weight excluding hydrogens is 350 g/mol. The molecule has 1 heterocycles. The van der Waals surface area contributed by atoms with Crippen molar-refractivity contribution in [3.63, 3.8) is 0 Å². The van der Waals surface area contributed by atoms with Crippen LogP contribution in [-0.2, 0) is 14.3 Å². The van der Waals surface area contributed by atoms with E-state index in [9.17, 15) is 9.59 Å². The lowest BCUT2D eigenvalue weighted by atomic mass is 10.2. The number of carbonyl (C=O) groups excluding carboxylic acids is 2. The van der Waals surface area contributed by atoms with Crippen LogP contribution >= 0.6 is 23.1 Å². The molecule has 0 spiro atoms. The van der Waals surface area contributed by atoms with Gasteiger partial charge in [0.2, 0.25) is 5.13 Å². The van der Waals surface area contributed by atoms with Crippen molar-refractivity contribution in [3.05, 3.63) is 29.8 Å². The van der Waals surface area contributed by atoms with Gasteiger partial charge in [-0.05, 0) is 26.0 Å². The Balaban J connectivity index is 1.86. The van der Waals surface area contributed by atoms with Crippen molar-refractivity contribution in [1.29, 1.82) is 0 Å². The molecule has 2 aromatic rings. The third-order valence-electron chi connectivity index (χ3n) is 2.88. The number of nitrogens with zero attached hydrogens (tertiary/aromatic N) is 2. The van der Waals surface area contributed by atoms with E-state index in [1.807, 2.05) is 31.2 Å². The summed E-state index contributed by atoms with van der Waals surface area (Å²) < 4.78 is 10.7. The molecule has 0 aliphatic carbocycles. The monoisotopic (exact) mass is 367 g/mol. The van der Waals surface area contributed by atoms with Crippen molar-refractivity contribution in [2.45, 2.75) is 24.3 Å². The zero-order valence-electron chi connectivity index (χ0n) is 13.4. The number of hydrogen-bond acceptors (Lipinski definition) is 8. The fourth-order valence-electron chi connectivity index (χ4n) is 1.58. The standard InChI is InChI=1S/C15H17N3O4S2/c1-9-4-6-11(7-5-9)22-10(2)13(20)16-14-17-18-15(24-14)23-8-12(19)21-3/h4-7,10H,8H2,1-3H3,(H,16,17,20)/t10-/m1/s1. The largest absolute Gasteiger partial charge is 0.481 e. The number of nitrogens with one attached hydrogen (secondary N) is 1. The van der Waals surface area contributed by atoms with Crippen LogP contribution in [0.3, 0.4) is 0 Å². The maximum Gasteiger partial charge on any atom is 0.316 e. The van der Waals surface area contributed by atoms with E-state index >= 15 is 0 Å². The molecule has 24 heavy (non-hydrogen) atoms. The fourth-order valence-corrected chi connectivity index (χ4v) is 3.17. The maximum atomic E-state index is 12.1. The number of ether oxygens (including phenoxy) is 2. The number of rotatable bonds is 7. The Bertz CT molecular complexity index is 703. The predicted molar refractivity (Wildman–Crippen MR) is 92.5 cm³/mol. The molecule has 9 heteroatoms. The van der Waals surface area contributed by atoms with Crippen LogP contribution in [0.2, 0.25) is 0 Å². The lowest BCUT2D eigenvalue weighted by molar-refractivity contribution is -0.137. The zero-order chi connectivity index (χ0) is 17.5. The van der Waals surface area contributed by atoms with E-state index in [0.717, 1.165) is 5.56 Å². The van der Waals surface area contributed by atoms with E-state index in [1.165, 1.54) is 30.2 Å². The highest BCUT2D eigenvalue weighted by Gasteiger charge is 2.17. The zero-order valence-corrected chi connectivity index (χ0v) is 15.1. The summed E-state index contributed by atoms with van der Waals surface area (Å²) in [7, 11) is 1.32. The Kier molecular flexibility index (Phi) is 6.56. The van der Waals surface area contributed by atoms with Gasteiger partial charge in [0.05, 0.1) is 12.9 Å². The highest BCUT2D eigenvalue weighted by atomic mass is 32.2. The van der Waals surface area contributed by atoms with E-state index in [0.29, 0.717) is 15.2 Å². The third kappa shape index (κ3) is 5.50. The SMILES string of the molecule is COC(=O)CSc1nnc(NC(=O)[C@@H](C)Oc2ccc(C)cc2)s1. The van der Waals surface area contributed by atoms with Gasteiger partial charge in [0, 0.05) is 0 Å². The number of anilines is 1. The normalized spacial score (nSPS) is 11.6. The molecule has 128 valence electrons. The molecule has 0 fully saturated rings. The Morgan fingerprint density at radius 3 is 2.67 bits per heavy atom. The minimum atomic E-state index is -0.678. The molecule has 1 aromatic carbocycles. The van der Waals surface area contributed by atoms with Crippen LogP contribution in [0.15, 0.2) is 28.6 Å². The number of aromatic nitrogens is 2. The van der Waals surface area contributed by atoms with Crippen molar-refractivity contribution in [3.8, 4) is 5.75 Å². The summed E-state index contributed by atoms with van der Waals surface area (Å²) in [5.74, 6) is 0.0958. The molecule has 0 aliphatic heterocycles. The highest BCUT2D eigenvalue weighted by molar-refractivity contribution is 8.01. The maximum absolute atomic E-state index is 12.1. The summed E-state index contributed by atoms with van der Waals surface area (Å²) in [5.41, 5.74) is 1.12. The number of aryl methyl sites for hydroxylation is 1. The van der Waals surface area contributed by atoms with Crippen molar-refractivity contribution < 1.29 is 19.1 Å². The Hall–Kier alpha value is -2.13. The van der Waals surface area contributed by atoms with E-state index in [1.54, 1.807) is 6.92 Å². The van der Waals surface area contributed by atoms with Crippen LogP contribution in [0, 0.1) is 6.92 Å². The number of methoxy groups -OCH3 is 1. The van der Waals surface area contributed by atoms with Crippen LogP contribution in [0.25, 0.3) is 0 Å². The summed E-state index contributed by atoms with van der Waals surface area (Å²) in [4.78, 5) is 23.2. The Labute approximate surface area is 147 Å². The van der Waals surface area contributed by atoms with Crippen LogP contribution in [-0.4, -0.2) is 41.0 Å². The molecular formula is C15H17N3O4S2. The number of esters is 1. The molecule has 1 atom stereocenters. The molecule has 0 aliphatic rings. The van der Waals surface area contributed by atoms with Gasteiger partial charge in [0.1, 0.15) is 5.75 Å². The Morgan fingerprint density at radius 1 is 1.29 bits per heavy atom. The summed E-state index contributed by atoms with van der Waals surface area (Å²) in [6, 6.07) is 7.45. The first-order chi connectivity index (χ1) is 11.5. The third-order valence-corrected chi connectivity index (χ3v) is 4.83. The van der Waals surface area contributed by atoms with E-state index < -0.39 is 6.10 Å². The minimum Gasteiger partial charge on any atom is -0.481 e. The Morgan fingerprint density at radius 2 is 2.00 bits per heavy atom. The average molecular weight is 367 g/mol. The number of carbonyl (C=O) groups is 2. The van der Waals surface area contributed by atoms with Gasteiger partial charge in [-0.1, -0.05) is 40.8 Å². The molecule has 0 bridgehead atoms. The first-order valence-electron chi connectivity index (χ1n) is 7.05. The first kappa shape index (κ1) is 18.2. The van der Waals surface area contributed by atoms with Gasteiger partial charge in [0.15, 0.2) is 10.4 Å². The fraction of sp³-hybridized carbons (Fsp3) is 0.333. The van der Waals surface area contributed by atoms with Gasteiger partial charge in [-0.25, -0.2) is 0 Å². The van der Waals surface area contributed by atoms with E-state index in [-0.39, 0.29) is 17.6 Å². The van der Waals surface area contributed by atoms with Gasteiger partial charge < -0.3 is 9.47 Å². The molecule has 1 amide bonds. The second kappa shape index (κ2) is 8.65. The number of benzene rings is 1. The highest BCUT2D eigenvalue weighted by Crippen LogP contribution is 2.25.